The predicted molar refractivity (Wildman–Crippen MR) is 113 cm³/mol. The van der Waals surface area contributed by atoms with E-state index in [0.717, 1.165) is 22.3 Å². The molecule has 0 aliphatic carbocycles. The van der Waals surface area contributed by atoms with Gasteiger partial charge in [-0.15, -0.1) is 0 Å². The van der Waals surface area contributed by atoms with Gasteiger partial charge in [-0.2, -0.15) is 5.10 Å². The van der Waals surface area contributed by atoms with Crippen LogP contribution in [0, 0.1) is 20.8 Å². The lowest BCUT2D eigenvalue weighted by molar-refractivity contribution is -0.123. The second kappa shape index (κ2) is 9.19. The largest absolute Gasteiger partial charge is 0.483 e. The fourth-order valence-corrected chi connectivity index (χ4v) is 3.02. The van der Waals surface area contributed by atoms with Crippen molar-refractivity contribution >= 4 is 5.91 Å². The van der Waals surface area contributed by atoms with Crippen molar-refractivity contribution in [3.05, 3.63) is 81.6 Å². The topological polar surface area (TPSA) is 73.2 Å². The van der Waals surface area contributed by atoms with Crippen LogP contribution in [0.3, 0.4) is 0 Å². The van der Waals surface area contributed by atoms with E-state index in [2.05, 4.69) is 16.5 Å². The van der Waals surface area contributed by atoms with Gasteiger partial charge in [-0.25, -0.2) is 4.68 Å². The van der Waals surface area contributed by atoms with Crippen molar-refractivity contribution in [1.29, 1.82) is 0 Å². The summed E-state index contributed by atoms with van der Waals surface area (Å²) in [6.45, 7) is 6.49. The maximum atomic E-state index is 12.1. The lowest BCUT2D eigenvalue weighted by Crippen LogP contribution is -2.34. The van der Waals surface area contributed by atoms with Crippen molar-refractivity contribution < 1.29 is 9.53 Å². The van der Waals surface area contributed by atoms with Crippen LogP contribution in [0.5, 0.6) is 5.75 Å². The van der Waals surface area contributed by atoms with Crippen LogP contribution >= 0.6 is 0 Å². The minimum absolute atomic E-state index is 0.0733. The molecule has 6 heteroatoms. The first-order chi connectivity index (χ1) is 13.9. The second-order valence-corrected chi connectivity index (χ2v) is 6.99. The molecule has 29 heavy (non-hydrogen) atoms. The second-order valence-electron chi connectivity index (χ2n) is 6.99. The van der Waals surface area contributed by atoms with Gasteiger partial charge in [-0.1, -0.05) is 36.4 Å². The fourth-order valence-electron chi connectivity index (χ4n) is 3.02. The molecule has 1 heterocycles. The van der Waals surface area contributed by atoms with Crippen LogP contribution in [0.15, 0.2) is 59.4 Å². The molecule has 0 unspecified atom stereocenters. The van der Waals surface area contributed by atoms with Crippen molar-refractivity contribution in [2.75, 3.05) is 13.2 Å². The SMILES string of the molecule is Cc1cc(C)c(C)c(OCC(=O)NCCn2nc(-c3ccccc3)ccc2=O)c1. The summed E-state index contributed by atoms with van der Waals surface area (Å²) in [6.07, 6.45) is 0. The molecule has 3 aromatic rings. The number of hydrogen-bond acceptors (Lipinski definition) is 4. The Bertz CT molecular complexity index is 1060. The van der Waals surface area contributed by atoms with Crippen LogP contribution in [0.25, 0.3) is 11.3 Å². The van der Waals surface area contributed by atoms with Gasteiger partial charge in [0.05, 0.1) is 12.2 Å². The molecule has 0 aliphatic rings. The number of carbonyl (C=O) groups is 1. The van der Waals surface area contributed by atoms with E-state index in [-0.39, 0.29) is 24.6 Å². The lowest BCUT2D eigenvalue weighted by atomic mass is 10.1. The summed E-state index contributed by atoms with van der Waals surface area (Å²) in [5.74, 6) is 0.474. The number of aromatic nitrogens is 2. The summed E-state index contributed by atoms with van der Waals surface area (Å²) in [4.78, 5) is 24.2. The highest BCUT2D eigenvalue weighted by molar-refractivity contribution is 5.77. The first kappa shape index (κ1) is 20.3. The third-order valence-corrected chi connectivity index (χ3v) is 4.70. The monoisotopic (exact) mass is 391 g/mol. The number of carbonyl (C=O) groups excluding carboxylic acids is 1. The van der Waals surface area contributed by atoms with Gasteiger partial charge >= 0.3 is 0 Å². The highest BCUT2D eigenvalue weighted by atomic mass is 16.5. The lowest BCUT2D eigenvalue weighted by Gasteiger charge is -2.13. The first-order valence-corrected chi connectivity index (χ1v) is 9.55. The van der Waals surface area contributed by atoms with Gasteiger partial charge in [0, 0.05) is 18.2 Å². The van der Waals surface area contributed by atoms with E-state index in [1.165, 1.54) is 10.7 Å². The molecule has 0 aliphatic heterocycles. The van der Waals surface area contributed by atoms with E-state index in [1.807, 2.05) is 57.2 Å². The number of aryl methyl sites for hydroxylation is 2. The molecule has 0 radical (unpaired) electrons. The molecular weight excluding hydrogens is 366 g/mol. The Morgan fingerprint density at radius 3 is 2.59 bits per heavy atom. The number of ether oxygens (including phenoxy) is 1. The zero-order chi connectivity index (χ0) is 20.8. The summed E-state index contributed by atoms with van der Waals surface area (Å²) in [5, 5.41) is 7.16. The Balaban J connectivity index is 1.55. The first-order valence-electron chi connectivity index (χ1n) is 9.55. The Morgan fingerprint density at radius 1 is 1.07 bits per heavy atom. The normalized spacial score (nSPS) is 10.6. The van der Waals surface area contributed by atoms with Gasteiger partial charge in [0.25, 0.3) is 11.5 Å². The average Bonchev–Trinajstić information content (AvgIpc) is 2.71. The van der Waals surface area contributed by atoms with Gasteiger partial charge in [0.2, 0.25) is 0 Å². The van der Waals surface area contributed by atoms with E-state index in [0.29, 0.717) is 18.0 Å². The van der Waals surface area contributed by atoms with E-state index in [9.17, 15) is 9.59 Å². The zero-order valence-electron chi connectivity index (χ0n) is 16.9. The third-order valence-electron chi connectivity index (χ3n) is 4.70. The van der Waals surface area contributed by atoms with Crippen molar-refractivity contribution in [3.63, 3.8) is 0 Å². The van der Waals surface area contributed by atoms with Gasteiger partial charge in [0.15, 0.2) is 6.61 Å². The number of benzene rings is 2. The van der Waals surface area contributed by atoms with E-state index in [1.54, 1.807) is 6.07 Å². The minimum Gasteiger partial charge on any atom is -0.483 e. The highest BCUT2D eigenvalue weighted by Gasteiger charge is 2.08. The Morgan fingerprint density at radius 2 is 1.83 bits per heavy atom. The molecule has 0 fully saturated rings. The molecule has 1 aromatic heterocycles. The molecule has 2 aromatic carbocycles. The molecule has 0 bridgehead atoms. The van der Waals surface area contributed by atoms with Crippen LogP contribution < -0.4 is 15.6 Å². The maximum Gasteiger partial charge on any atom is 0.266 e. The summed E-state index contributed by atoms with van der Waals surface area (Å²) in [7, 11) is 0. The van der Waals surface area contributed by atoms with Gasteiger partial charge < -0.3 is 10.1 Å². The standard InChI is InChI=1S/C23H25N3O3/c1-16-13-17(2)18(3)21(14-16)29-15-22(27)24-11-12-26-23(28)10-9-20(25-26)19-7-5-4-6-8-19/h4-10,13-14H,11-12,15H2,1-3H3,(H,24,27). The molecule has 0 spiro atoms. The summed E-state index contributed by atoms with van der Waals surface area (Å²) < 4.78 is 7.03. The van der Waals surface area contributed by atoms with Gasteiger partial charge in [-0.3, -0.25) is 9.59 Å². The smallest absolute Gasteiger partial charge is 0.266 e. The molecule has 0 saturated carbocycles. The van der Waals surface area contributed by atoms with Crippen LogP contribution in [-0.4, -0.2) is 28.8 Å². The van der Waals surface area contributed by atoms with Crippen molar-refractivity contribution in [3.8, 4) is 17.0 Å². The Hall–Kier alpha value is -3.41. The minimum atomic E-state index is -0.240. The van der Waals surface area contributed by atoms with Crippen molar-refractivity contribution in [1.82, 2.24) is 15.1 Å². The van der Waals surface area contributed by atoms with Crippen LogP contribution in [-0.2, 0) is 11.3 Å². The van der Waals surface area contributed by atoms with Gasteiger partial charge in [0.1, 0.15) is 5.75 Å². The summed E-state index contributed by atoms with van der Waals surface area (Å²) >= 11 is 0. The molecule has 0 atom stereocenters. The number of nitrogens with zero attached hydrogens (tertiary/aromatic N) is 2. The quantitative estimate of drug-likeness (QED) is 0.672. The molecule has 3 rings (SSSR count). The van der Waals surface area contributed by atoms with Crippen molar-refractivity contribution in [2.45, 2.75) is 27.3 Å². The zero-order valence-corrected chi connectivity index (χ0v) is 16.9. The number of nitrogens with one attached hydrogen (secondary N) is 1. The maximum absolute atomic E-state index is 12.1. The molecule has 150 valence electrons. The molecular formula is C23H25N3O3. The van der Waals surface area contributed by atoms with E-state index >= 15 is 0 Å². The van der Waals surface area contributed by atoms with E-state index in [4.69, 9.17) is 4.74 Å². The highest BCUT2D eigenvalue weighted by Crippen LogP contribution is 2.23. The number of hydrogen-bond donors (Lipinski definition) is 1. The molecule has 6 nitrogen and oxygen atoms in total. The summed E-state index contributed by atoms with van der Waals surface area (Å²) in [6, 6.07) is 16.8. The average molecular weight is 391 g/mol. The van der Waals surface area contributed by atoms with Crippen LogP contribution in [0.2, 0.25) is 0 Å². The fraction of sp³-hybridized carbons (Fsp3) is 0.261. The van der Waals surface area contributed by atoms with Gasteiger partial charge in [-0.05, 0) is 49.6 Å². The van der Waals surface area contributed by atoms with Crippen molar-refractivity contribution in [2.24, 2.45) is 0 Å². The Kier molecular flexibility index (Phi) is 6.44. The molecule has 0 saturated heterocycles. The Labute approximate surface area is 170 Å². The van der Waals surface area contributed by atoms with Crippen LogP contribution in [0.1, 0.15) is 16.7 Å². The number of rotatable bonds is 7. The van der Waals surface area contributed by atoms with Crippen LogP contribution in [0.4, 0.5) is 0 Å². The molecule has 1 amide bonds. The van der Waals surface area contributed by atoms with E-state index < -0.39 is 0 Å². The number of amides is 1. The third kappa shape index (κ3) is 5.31. The summed E-state index contributed by atoms with van der Waals surface area (Å²) in [5.41, 5.74) is 4.68. The molecule has 1 N–H and O–H groups in total. The predicted octanol–water partition coefficient (Wildman–Crippen LogP) is 3.03.